The summed E-state index contributed by atoms with van der Waals surface area (Å²) in [6, 6.07) is 14.2. The Morgan fingerprint density at radius 3 is 2.45 bits per heavy atom. The molecule has 0 aliphatic rings. The number of nitrogens with one attached hydrogen (secondary N) is 1. The molecule has 0 saturated carbocycles. The predicted molar refractivity (Wildman–Crippen MR) is 91.4 cm³/mol. The van der Waals surface area contributed by atoms with Gasteiger partial charge in [-0.3, -0.25) is 0 Å². The molecular weight excluding hydrogens is 382 g/mol. The average molecular weight is 399 g/mol. The minimum atomic E-state index is 0.142. The molecule has 0 saturated heterocycles. The van der Waals surface area contributed by atoms with Gasteiger partial charge < -0.3 is 10.1 Å². The molecule has 2 aromatic carbocycles. The third-order valence-corrected chi connectivity index (χ3v) is 3.74. The Kier molecular flexibility index (Phi) is 5.49. The van der Waals surface area contributed by atoms with E-state index in [4.69, 9.17) is 4.74 Å². The quantitative estimate of drug-likeness (QED) is 0.706. The van der Waals surface area contributed by atoms with E-state index in [-0.39, 0.29) is 6.10 Å². The summed E-state index contributed by atoms with van der Waals surface area (Å²) in [6.07, 6.45) is 0.142. The van der Waals surface area contributed by atoms with Crippen LogP contribution in [0.4, 0.5) is 5.69 Å². The maximum atomic E-state index is 5.91. The van der Waals surface area contributed by atoms with Crippen LogP contribution in [0.1, 0.15) is 19.4 Å². The average Bonchev–Trinajstić information content (AvgIpc) is 2.40. The van der Waals surface area contributed by atoms with Crippen LogP contribution in [0.25, 0.3) is 0 Å². The fourth-order valence-corrected chi connectivity index (χ4v) is 3.27. The van der Waals surface area contributed by atoms with Crippen molar-refractivity contribution in [3.8, 4) is 5.75 Å². The SMILES string of the molecule is CC(C)Oc1c(Br)cc(Br)cc1CNc1ccccc1. The Morgan fingerprint density at radius 1 is 1.10 bits per heavy atom. The molecule has 0 unspecified atom stereocenters. The summed E-state index contributed by atoms with van der Waals surface area (Å²) in [4.78, 5) is 0. The molecule has 0 amide bonds. The summed E-state index contributed by atoms with van der Waals surface area (Å²) < 4.78 is 7.91. The maximum Gasteiger partial charge on any atom is 0.138 e. The van der Waals surface area contributed by atoms with Crippen LogP contribution in [-0.2, 0) is 6.54 Å². The van der Waals surface area contributed by atoms with Crippen LogP contribution in [0.15, 0.2) is 51.4 Å². The van der Waals surface area contributed by atoms with Crippen LogP contribution < -0.4 is 10.1 Å². The number of hydrogen-bond acceptors (Lipinski definition) is 2. The number of para-hydroxylation sites is 1. The molecule has 0 bridgehead atoms. The van der Waals surface area contributed by atoms with Gasteiger partial charge in [-0.25, -0.2) is 0 Å². The molecule has 0 radical (unpaired) electrons. The second-order valence-electron chi connectivity index (χ2n) is 4.76. The Bertz CT molecular complexity index is 570. The first kappa shape index (κ1) is 15.4. The lowest BCUT2D eigenvalue weighted by molar-refractivity contribution is 0.238. The standard InChI is InChI=1S/C16H17Br2NO/c1-11(2)20-16-12(8-13(17)9-15(16)18)10-19-14-6-4-3-5-7-14/h3-9,11,19H,10H2,1-2H3. The largest absolute Gasteiger partial charge is 0.489 e. The first-order valence-corrected chi connectivity index (χ1v) is 8.08. The number of rotatable bonds is 5. The van der Waals surface area contributed by atoms with Gasteiger partial charge in [0.2, 0.25) is 0 Å². The summed E-state index contributed by atoms with van der Waals surface area (Å²) >= 11 is 7.10. The number of halogens is 2. The Labute approximate surface area is 136 Å². The second-order valence-corrected chi connectivity index (χ2v) is 6.53. The van der Waals surface area contributed by atoms with Gasteiger partial charge >= 0.3 is 0 Å². The lowest BCUT2D eigenvalue weighted by atomic mass is 10.2. The molecule has 0 aliphatic heterocycles. The molecule has 0 spiro atoms. The van der Waals surface area contributed by atoms with Crippen LogP contribution >= 0.6 is 31.9 Å². The summed E-state index contributed by atoms with van der Waals surface area (Å²) in [6.45, 7) is 4.77. The summed E-state index contributed by atoms with van der Waals surface area (Å²) in [5.74, 6) is 0.895. The number of benzene rings is 2. The van der Waals surface area contributed by atoms with Gasteiger partial charge in [-0.05, 0) is 54.0 Å². The maximum absolute atomic E-state index is 5.91. The Morgan fingerprint density at radius 2 is 1.80 bits per heavy atom. The van der Waals surface area contributed by atoms with Crippen molar-refractivity contribution in [1.82, 2.24) is 0 Å². The molecule has 0 atom stereocenters. The van der Waals surface area contributed by atoms with Crippen molar-refractivity contribution in [1.29, 1.82) is 0 Å². The topological polar surface area (TPSA) is 21.3 Å². The molecule has 106 valence electrons. The zero-order valence-electron chi connectivity index (χ0n) is 11.5. The summed E-state index contributed by atoms with van der Waals surface area (Å²) in [7, 11) is 0. The third-order valence-electron chi connectivity index (χ3n) is 2.70. The van der Waals surface area contributed by atoms with Crippen LogP contribution in [0, 0.1) is 0 Å². The summed E-state index contributed by atoms with van der Waals surface area (Å²) in [5, 5.41) is 3.41. The molecular formula is C16H17Br2NO. The van der Waals surface area contributed by atoms with Gasteiger partial charge in [-0.2, -0.15) is 0 Å². The number of ether oxygens (including phenoxy) is 1. The van der Waals surface area contributed by atoms with E-state index in [1.165, 1.54) is 0 Å². The number of hydrogen-bond donors (Lipinski definition) is 1. The minimum absolute atomic E-state index is 0.142. The van der Waals surface area contributed by atoms with Crippen molar-refractivity contribution in [2.45, 2.75) is 26.5 Å². The molecule has 0 heterocycles. The van der Waals surface area contributed by atoms with E-state index in [0.29, 0.717) is 6.54 Å². The first-order chi connectivity index (χ1) is 9.56. The fraction of sp³-hybridized carbons (Fsp3) is 0.250. The van der Waals surface area contributed by atoms with Crippen molar-refractivity contribution < 1.29 is 4.74 Å². The zero-order chi connectivity index (χ0) is 14.5. The van der Waals surface area contributed by atoms with Crippen molar-refractivity contribution in [2.24, 2.45) is 0 Å². The molecule has 0 aliphatic carbocycles. The van der Waals surface area contributed by atoms with Gasteiger partial charge in [0.05, 0.1) is 10.6 Å². The van der Waals surface area contributed by atoms with Crippen LogP contribution in [0.5, 0.6) is 5.75 Å². The predicted octanol–water partition coefficient (Wildman–Crippen LogP) is 5.61. The van der Waals surface area contributed by atoms with E-state index in [9.17, 15) is 0 Å². The fourth-order valence-electron chi connectivity index (χ4n) is 1.87. The molecule has 2 nitrogen and oxygen atoms in total. The van der Waals surface area contributed by atoms with Gasteiger partial charge in [0, 0.05) is 22.3 Å². The van der Waals surface area contributed by atoms with Crippen LogP contribution in [-0.4, -0.2) is 6.10 Å². The zero-order valence-corrected chi connectivity index (χ0v) is 14.7. The van der Waals surface area contributed by atoms with Crippen molar-refractivity contribution in [3.63, 3.8) is 0 Å². The highest BCUT2D eigenvalue weighted by molar-refractivity contribution is 9.11. The van der Waals surface area contributed by atoms with E-state index in [1.807, 2.05) is 38.1 Å². The Balaban J connectivity index is 2.21. The second kappa shape index (κ2) is 7.14. The highest BCUT2D eigenvalue weighted by Crippen LogP contribution is 2.34. The molecule has 0 aromatic heterocycles. The van der Waals surface area contributed by atoms with Crippen LogP contribution in [0.2, 0.25) is 0 Å². The van der Waals surface area contributed by atoms with E-state index in [0.717, 1.165) is 25.9 Å². The van der Waals surface area contributed by atoms with E-state index in [2.05, 4.69) is 55.4 Å². The van der Waals surface area contributed by atoms with Crippen molar-refractivity contribution >= 4 is 37.5 Å². The monoisotopic (exact) mass is 397 g/mol. The first-order valence-electron chi connectivity index (χ1n) is 6.49. The van der Waals surface area contributed by atoms with Gasteiger partial charge in [0.25, 0.3) is 0 Å². The van der Waals surface area contributed by atoms with Crippen molar-refractivity contribution in [3.05, 3.63) is 57.0 Å². The van der Waals surface area contributed by atoms with Gasteiger partial charge in [-0.15, -0.1) is 0 Å². The van der Waals surface area contributed by atoms with E-state index >= 15 is 0 Å². The van der Waals surface area contributed by atoms with E-state index < -0.39 is 0 Å². The molecule has 2 rings (SSSR count). The molecule has 0 fully saturated rings. The normalized spacial score (nSPS) is 10.7. The van der Waals surface area contributed by atoms with Crippen LogP contribution in [0.3, 0.4) is 0 Å². The highest BCUT2D eigenvalue weighted by atomic mass is 79.9. The lowest BCUT2D eigenvalue weighted by Crippen LogP contribution is -2.10. The van der Waals surface area contributed by atoms with Gasteiger partial charge in [-0.1, -0.05) is 34.1 Å². The van der Waals surface area contributed by atoms with Gasteiger partial charge in [0.1, 0.15) is 5.75 Å². The molecule has 1 N–H and O–H groups in total. The highest BCUT2D eigenvalue weighted by Gasteiger charge is 2.11. The smallest absolute Gasteiger partial charge is 0.138 e. The summed E-state index contributed by atoms with van der Waals surface area (Å²) in [5.41, 5.74) is 2.21. The van der Waals surface area contributed by atoms with Gasteiger partial charge in [0.15, 0.2) is 0 Å². The minimum Gasteiger partial charge on any atom is -0.489 e. The Hall–Kier alpha value is -1.00. The number of anilines is 1. The molecule has 2 aromatic rings. The molecule has 4 heteroatoms. The lowest BCUT2D eigenvalue weighted by Gasteiger charge is -2.17. The molecule has 20 heavy (non-hydrogen) atoms. The third kappa shape index (κ3) is 4.25. The van der Waals surface area contributed by atoms with Crippen molar-refractivity contribution in [2.75, 3.05) is 5.32 Å². The van der Waals surface area contributed by atoms with E-state index in [1.54, 1.807) is 0 Å².